The lowest BCUT2D eigenvalue weighted by Crippen LogP contribution is -2.47. The molecule has 6 nitrogen and oxygen atoms in total. The van der Waals surface area contributed by atoms with Gasteiger partial charge in [0.1, 0.15) is 6.04 Å². The van der Waals surface area contributed by atoms with Crippen molar-refractivity contribution >= 4 is 12.0 Å². The summed E-state index contributed by atoms with van der Waals surface area (Å²) < 4.78 is 4.81. The van der Waals surface area contributed by atoms with E-state index in [1.54, 1.807) is 7.05 Å². The summed E-state index contributed by atoms with van der Waals surface area (Å²) in [5.41, 5.74) is 0. The predicted octanol–water partition coefficient (Wildman–Crippen LogP) is 0.303. The zero-order chi connectivity index (χ0) is 12.6. The van der Waals surface area contributed by atoms with Crippen LogP contribution in [-0.4, -0.2) is 55.4 Å². The molecule has 0 bridgehead atoms. The summed E-state index contributed by atoms with van der Waals surface area (Å²) in [6, 6.07) is -1.37. The number of rotatable bonds is 7. The van der Waals surface area contributed by atoms with Gasteiger partial charge in [-0.15, -0.1) is 6.58 Å². The molecular formula is C10H18N2O4. The van der Waals surface area contributed by atoms with E-state index in [4.69, 9.17) is 9.84 Å². The van der Waals surface area contributed by atoms with E-state index in [0.29, 0.717) is 13.2 Å². The van der Waals surface area contributed by atoms with Gasteiger partial charge in [-0.25, -0.2) is 9.59 Å². The van der Waals surface area contributed by atoms with E-state index in [9.17, 15) is 9.59 Å². The van der Waals surface area contributed by atoms with Crippen LogP contribution in [0.5, 0.6) is 0 Å². The van der Waals surface area contributed by atoms with Gasteiger partial charge >= 0.3 is 12.0 Å². The number of ether oxygens (including phenoxy) is 1. The van der Waals surface area contributed by atoms with E-state index >= 15 is 0 Å². The molecule has 0 aliphatic heterocycles. The molecular weight excluding hydrogens is 212 g/mol. The SMILES string of the molecule is C=CCC(NC(=O)N(C)CCOC)C(=O)O. The zero-order valence-electron chi connectivity index (χ0n) is 9.60. The van der Waals surface area contributed by atoms with E-state index in [1.807, 2.05) is 0 Å². The lowest BCUT2D eigenvalue weighted by molar-refractivity contribution is -0.139. The van der Waals surface area contributed by atoms with Crippen molar-refractivity contribution in [2.45, 2.75) is 12.5 Å². The minimum absolute atomic E-state index is 0.194. The second-order valence-electron chi connectivity index (χ2n) is 3.28. The van der Waals surface area contributed by atoms with E-state index < -0.39 is 18.0 Å². The molecule has 0 radical (unpaired) electrons. The fourth-order valence-corrected chi connectivity index (χ4v) is 0.977. The summed E-state index contributed by atoms with van der Waals surface area (Å²) >= 11 is 0. The van der Waals surface area contributed by atoms with Gasteiger partial charge in [0.2, 0.25) is 0 Å². The maximum atomic E-state index is 11.5. The van der Waals surface area contributed by atoms with Crippen molar-refractivity contribution in [1.29, 1.82) is 0 Å². The number of urea groups is 1. The first-order valence-electron chi connectivity index (χ1n) is 4.87. The highest BCUT2D eigenvalue weighted by molar-refractivity contribution is 5.82. The number of hydrogen-bond donors (Lipinski definition) is 2. The van der Waals surface area contributed by atoms with Gasteiger partial charge in [0, 0.05) is 20.7 Å². The van der Waals surface area contributed by atoms with Crippen LogP contribution in [-0.2, 0) is 9.53 Å². The molecule has 0 aliphatic rings. The number of aliphatic carboxylic acids is 1. The van der Waals surface area contributed by atoms with Crippen molar-refractivity contribution in [1.82, 2.24) is 10.2 Å². The highest BCUT2D eigenvalue weighted by Gasteiger charge is 2.19. The third kappa shape index (κ3) is 5.35. The van der Waals surface area contributed by atoms with Gasteiger partial charge < -0.3 is 20.1 Å². The average Bonchev–Trinajstić information content (AvgIpc) is 2.24. The summed E-state index contributed by atoms with van der Waals surface area (Å²) in [5, 5.41) is 11.2. The van der Waals surface area contributed by atoms with E-state index in [1.165, 1.54) is 18.1 Å². The highest BCUT2D eigenvalue weighted by atomic mass is 16.5. The largest absolute Gasteiger partial charge is 0.480 e. The van der Waals surface area contributed by atoms with Gasteiger partial charge in [0.05, 0.1) is 6.61 Å². The predicted molar refractivity (Wildman–Crippen MR) is 59.3 cm³/mol. The van der Waals surface area contributed by atoms with Crippen molar-refractivity contribution in [2.24, 2.45) is 0 Å². The Morgan fingerprint density at radius 3 is 2.69 bits per heavy atom. The van der Waals surface area contributed by atoms with Gasteiger partial charge in [-0.3, -0.25) is 0 Å². The number of carbonyl (C=O) groups excluding carboxylic acids is 1. The van der Waals surface area contributed by atoms with Crippen molar-refractivity contribution in [3.63, 3.8) is 0 Å². The molecule has 2 amide bonds. The Morgan fingerprint density at radius 1 is 1.62 bits per heavy atom. The van der Waals surface area contributed by atoms with E-state index in [-0.39, 0.29) is 6.42 Å². The number of carbonyl (C=O) groups is 2. The molecule has 1 atom stereocenters. The Labute approximate surface area is 94.9 Å². The topological polar surface area (TPSA) is 78.9 Å². The Morgan fingerprint density at radius 2 is 2.25 bits per heavy atom. The number of methoxy groups -OCH3 is 1. The molecule has 92 valence electrons. The molecule has 0 aliphatic carbocycles. The Balaban J connectivity index is 4.17. The van der Waals surface area contributed by atoms with Crippen molar-refractivity contribution < 1.29 is 19.4 Å². The molecule has 0 aromatic rings. The number of carboxylic acid groups (broad SMARTS) is 1. The molecule has 0 saturated heterocycles. The lowest BCUT2D eigenvalue weighted by atomic mass is 10.2. The summed E-state index contributed by atoms with van der Waals surface area (Å²) in [4.78, 5) is 23.6. The lowest BCUT2D eigenvalue weighted by Gasteiger charge is -2.20. The molecule has 0 rings (SSSR count). The van der Waals surface area contributed by atoms with E-state index in [0.717, 1.165) is 0 Å². The molecule has 1 unspecified atom stereocenters. The minimum atomic E-state index is -1.08. The molecule has 0 aromatic carbocycles. The monoisotopic (exact) mass is 230 g/mol. The van der Waals surface area contributed by atoms with Crippen LogP contribution in [0.15, 0.2) is 12.7 Å². The first-order valence-corrected chi connectivity index (χ1v) is 4.87. The summed E-state index contributed by atoms with van der Waals surface area (Å²) in [6.45, 7) is 4.25. The Hall–Kier alpha value is -1.56. The molecule has 0 spiro atoms. The maximum absolute atomic E-state index is 11.5. The number of hydrogen-bond acceptors (Lipinski definition) is 3. The molecule has 6 heteroatoms. The van der Waals surface area contributed by atoms with Crippen LogP contribution in [0.4, 0.5) is 4.79 Å². The van der Waals surface area contributed by atoms with Crippen LogP contribution >= 0.6 is 0 Å². The minimum Gasteiger partial charge on any atom is -0.480 e. The quantitative estimate of drug-likeness (QED) is 0.617. The van der Waals surface area contributed by atoms with Gasteiger partial charge in [-0.1, -0.05) is 6.08 Å². The number of amides is 2. The number of likely N-dealkylation sites (N-methyl/N-ethyl adjacent to an activating group) is 1. The van der Waals surface area contributed by atoms with E-state index in [2.05, 4.69) is 11.9 Å². The highest BCUT2D eigenvalue weighted by Crippen LogP contribution is 1.95. The molecule has 0 heterocycles. The van der Waals surface area contributed by atoms with Crippen molar-refractivity contribution in [3.05, 3.63) is 12.7 Å². The van der Waals surface area contributed by atoms with Gasteiger partial charge in [0.25, 0.3) is 0 Å². The fourth-order valence-electron chi connectivity index (χ4n) is 0.977. The number of nitrogens with one attached hydrogen (secondary N) is 1. The van der Waals surface area contributed by atoms with Crippen LogP contribution in [0, 0.1) is 0 Å². The van der Waals surface area contributed by atoms with Gasteiger partial charge in [0.15, 0.2) is 0 Å². The average molecular weight is 230 g/mol. The smallest absolute Gasteiger partial charge is 0.326 e. The second kappa shape index (κ2) is 7.70. The second-order valence-corrected chi connectivity index (χ2v) is 3.28. The third-order valence-corrected chi connectivity index (χ3v) is 1.98. The molecule has 0 saturated carbocycles. The summed E-state index contributed by atoms with van der Waals surface area (Å²) in [6.07, 6.45) is 1.65. The first-order chi connectivity index (χ1) is 7.52. The molecule has 0 fully saturated rings. The standard InChI is InChI=1S/C10H18N2O4/c1-4-5-8(9(13)14)11-10(15)12(2)6-7-16-3/h4,8H,1,5-7H2,2-3H3,(H,11,15)(H,13,14). The molecule has 2 N–H and O–H groups in total. The third-order valence-electron chi connectivity index (χ3n) is 1.98. The van der Waals surface area contributed by atoms with Crippen LogP contribution in [0.2, 0.25) is 0 Å². The van der Waals surface area contributed by atoms with Gasteiger partial charge in [-0.05, 0) is 6.42 Å². The summed E-state index contributed by atoms with van der Waals surface area (Å²) in [5.74, 6) is -1.08. The van der Waals surface area contributed by atoms with Crippen molar-refractivity contribution in [2.75, 3.05) is 27.3 Å². The first kappa shape index (κ1) is 14.4. The fraction of sp³-hybridized carbons (Fsp3) is 0.600. The Kier molecular flexibility index (Phi) is 6.95. The van der Waals surface area contributed by atoms with Gasteiger partial charge in [-0.2, -0.15) is 0 Å². The van der Waals surface area contributed by atoms with Crippen LogP contribution in [0.3, 0.4) is 0 Å². The van der Waals surface area contributed by atoms with Crippen molar-refractivity contribution in [3.8, 4) is 0 Å². The molecule has 0 aromatic heterocycles. The van der Waals surface area contributed by atoms with Crippen LogP contribution in [0.25, 0.3) is 0 Å². The normalized spacial score (nSPS) is 11.6. The molecule has 16 heavy (non-hydrogen) atoms. The Bertz CT molecular complexity index is 255. The van der Waals surface area contributed by atoms with Crippen LogP contribution < -0.4 is 5.32 Å². The number of carboxylic acids is 1. The zero-order valence-corrected chi connectivity index (χ0v) is 9.60. The maximum Gasteiger partial charge on any atom is 0.326 e. The van der Waals surface area contributed by atoms with Crippen LogP contribution in [0.1, 0.15) is 6.42 Å². The number of nitrogens with zero attached hydrogens (tertiary/aromatic N) is 1. The summed E-state index contributed by atoms with van der Waals surface area (Å²) in [7, 11) is 3.10.